The lowest BCUT2D eigenvalue weighted by molar-refractivity contribution is 0.602. The molecule has 0 aliphatic heterocycles. The van der Waals surface area contributed by atoms with Gasteiger partial charge in [0.15, 0.2) is 9.84 Å². The minimum absolute atomic E-state index is 0.199. The van der Waals surface area contributed by atoms with Crippen LogP contribution in [0.1, 0.15) is 0 Å². The van der Waals surface area contributed by atoms with E-state index < -0.39 is 9.84 Å². The minimum atomic E-state index is -3.22. The fourth-order valence-electron chi connectivity index (χ4n) is 2.21. The zero-order valence-corrected chi connectivity index (χ0v) is 12.0. The van der Waals surface area contributed by atoms with Crippen LogP contribution in [-0.4, -0.2) is 24.6 Å². The predicted molar refractivity (Wildman–Crippen MR) is 80.9 cm³/mol. The van der Waals surface area contributed by atoms with Crippen molar-refractivity contribution >= 4 is 20.7 Å². The quantitative estimate of drug-likeness (QED) is 0.785. The van der Waals surface area contributed by atoms with E-state index in [1.54, 1.807) is 36.4 Å². The van der Waals surface area contributed by atoms with Gasteiger partial charge in [0, 0.05) is 11.8 Å². The van der Waals surface area contributed by atoms with Gasteiger partial charge >= 0.3 is 0 Å². The molecule has 5 nitrogen and oxygen atoms in total. The van der Waals surface area contributed by atoms with Gasteiger partial charge < -0.3 is 4.98 Å². The van der Waals surface area contributed by atoms with Crippen molar-refractivity contribution in [1.29, 1.82) is 0 Å². The van der Waals surface area contributed by atoms with E-state index in [2.05, 4.69) is 9.97 Å². The number of nitrogens with zero attached hydrogens (tertiary/aromatic N) is 1. The number of nitrogens with one attached hydrogen (secondary N) is 1. The highest BCUT2D eigenvalue weighted by molar-refractivity contribution is 7.90. The molecule has 106 valence electrons. The van der Waals surface area contributed by atoms with Crippen LogP contribution in [0.4, 0.5) is 0 Å². The van der Waals surface area contributed by atoms with Gasteiger partial charge in [-0.15, -0.1) is 0 Å². The molecular formula is C15H12N2O3S. The van der Waals surface area contributed by atoms with Crippen molar-refractivity contribution in [2.24, 2.45) is 0 Å². The maximum atomic E-state index is 11.8. The first-order valence-corrected chi connectivity index (χ1v) is 8.13. The highest BCUT2D eigenvalue weighted by Crippen LogP contribution is 2.26. The van der Waals surface area contributed by atoms with Crippen LogP contribution in [0.2, 0.25) is 0 Å². The maximum Gasteiger partial charge on any atom is 0.258 e. The first kappa shape index (κ1) is 13.5. The standard InChI is InChI=1S/C15H12N2O3S/c1-21(19,20)11-7-5-10(6-8-11)12-3-2-4-13-14(12)16-9-17-15(13)18/h2-9H,1H3,(H,16,17,18). The van der Waals surface area contributed by atoms with Gasteiger partial charge in [0.1, 0.15) is 0 Å². The van der Waals surface area contributed by atoms with Crippen molar-refractivity contribution in [2.45, 2.75) is 4.90 Å². The van der Waals surface area contributed by atoms with Gasteiger partial charge in [-0.25, -0.2) is 13.4 Å². The zero-order chi connectivity index (χ0) is 15.0. The van der Waals surface area contributed by atoms with E-state index in [0.29, 0.717) is 10.9 Å². The van der Waals surface area contributed by atoms with Crippen LogP contribution in [0.5, 0.6) is 0 Å². The number of rotatable bonds is 2. The van der Waals surface area contributed by atoms with E-state index in [9.17, 15) is 13.2 Å². The second kappa shape index (κ2) is 4.82. The number of hydrogen-bond acceptors (Lipinski definition) is 4. The summed E-state index contributed by atoms with van der Waals surface area (Å²) >= 11 is 0. The summed E-state index contributed by atoms with van der Waals surface area (Å²) in [6.07, 6.45) is 2.53. The third-order valence-electron chi connectivity index (χ3n) is 3.26. The fraction of sp³-hybridized carbons (Fsp3) is 0.0667. The number of aromatic amines is 1. The van der Waals surface area contributed by atoms with Gasteiger partial charge in [0.25, 0.3) is 5.56 Å². The summed E-state index contributed by atoms with van der Waals surface area (Å²) in [4.78, 5) is 18.8. The Kier molecular flexibility index (Phi) is 3.10. The number of fused-ring (bicyclic) bond motifs is 1. The van der Waals surface area contributed by atoms with Crippen LogP contribution < -0.4 is 5.56 Å². The van der Waals surface area contributed by atoms with Gasteiger partial charge in [-0.3, -0.25) is 4.79 Å². The smallest absolute Gasteiger partial charge is 0.258 e. The average molecular weight is 300 g/mol. The number of sulfone groups is 1. The molecule has 0 saturated carbocycles. The van der Waals surface area contributed by atoms with E-state index in [0.717, 1.165) is 11.1 Å². The molecule has 0 aliphatic rings. The molecule has 0 aliphatic carbocycles. The summed E-state index contributed by atoms with van der Waals surface area (Å²) in [5.74, 6) is 0. The maximum absolute atomic E-state index is 11.8. The molecule has 3 rings (SSSR count). The Labute approximate surface area is 121 Å². The Morgan fingerprint density at radius 3 is 2.43 bits per heavy atom. The molecule has 0 bridgehead atoms. The summed E-state index contributed by atoms with van der Waals surface area (Å²) in [7, 11) is -3.22. The van der Waals surface area contributed by atoms with Crippen LogP contribution >= 0.6 is 0 Å². The summed E-state index contributed by atoms with van der Waals surface area (Å²) in [5, 5.41) is 0.502. The van der Waals surface area contributed by atoms with Crippen LogP contribution in [0.15, 0.2) is 58.5 Å². The largest absolute Gasteiger partial charge is 0.313 e. The Morgan fingerprint density at radius 1 is 1.05 bits per heavy atom. The SMILES string of the molecule is CS(=O)(=O)c1ccc(-c2cccc3c(=O)[nH]cnc23)cc1. The first-order chi connectivity index (χ1) is 9.97. The molecule has 1 N–H and O–H groups in total. The molecule has 0 amide bonds. The molecule has 0 atom stereocenters. The lowest BCUT2D eigenvalue weighted by Gasteiger charge is -2.06. The van der Waals surface area contributed by atoms with Crippen LogP contribution in [0.25, 0.3) is 22.0 Å². The molecule has 2 aromatic carbocycles. The highest BCUT2D eigenvalue weighted by atomic mass is 32.2. The van der Waals surface area contributed by atoms with Crippen molar-refractivity contribution in [3.8, 4) is 11.1 Å². The molecule has 3 aromatic rings. The second-order valence-corrected chi connectivity index (χ2v) is 6.75. The van der Waals surface area contributed by atoms with E-state index in [4.69, 9.17) is 0 Å². The molecule has 0 saturated heterocycles. The summed E-state index contributed by atoms with van der Waals surface area (Å²) < 4.78 is 23.0. The second-order valence-electron chi connectivity index (χ2n) is 4.73. The van der Waals surface area contributed by atoms with E-state index in [1.807, 2.05) is 6.07 Å². The molecule has 1 aromatic heterocycles. The summed E-state index contributed by atoms with van der Waals surface area (Å²) in [6, 6.07) is 11.9. The van der Waals surface area contributed by atoms with Gasteiger partial charge in [-0.05, 0) is 23.8 Å². The fourth-order valence-corrected chi connectivity index (χ4v) is 2.84. The average Bonchev–Trinajstić information content (AvgIpc) is 2.46. The molecule has 1 heterocycles. The Bertz CT molecular complexity index is 974. The number of para-hydroxylation sites is 1. The van der Waals surface area contributed by atoms with Gasteiger partial charge in [0.05, 0.1) is 22.1 Å². The zero-order valence-electron chi connectivity index (χ0n) is 11.2. The lowest BCUT2D eigenvalue weighted by atomic mass is 10.0. The Morgan fingerprint density at radius 2 is 1.76 bits per heavy atom. The topological polar surface area (TPSA) is 79.9 Å². The Hall–Kier alpha value is -2.47. The van der Waals surface area contributed by atoms with Crippen molar-refractivity contribution < 1.29 is 8.42 Å². The van der Waals surface area contributed by atoms with E-state index in [1.165, 1.54) is 12.6 Å². The highest BCUT2D eigenvalue weighted by Gasteiger charge is 2.10. The Balaban J connectivity index is 2.22. The van der Waals surface area contributed by atoms with Crippen molar-refractivity contribution in [2.75, 3.05) is 6.26 Å². The summed E-state index contributed by atoms with van der Waals surface area (Å²) in [6.45, 7) is 0. The van der Waals surface area contributed by atoms with E-state index >= 15 is 0 Å². The molecular weight excluding hydrogens is 288 g/mol. The molecule has 21 heavy (non-hydrogen) atoms. The van der Waals surface area contributed by atoms with E-state index in [-0.39, 0.29) is 10.5 Å². The third-order valence-corrected chi connectivity index (χ3v) is 4.39. The monoisotopic (exact) mass is 300 g/mol. The number of benzene rings is 2. The van der Waals surface area contributed by atoms with Crippen molar-refractivity contribution in [1.82, 2.24) is 9.97 Å². The minimum Gasteiger partial charge on any atom is -0.313 e. The molecule has 0 fully saturated rings. The van der Waals surface area contributed by atoms with Crippen molar-refractivity contribution in [3.05, 3.63) is 59.1 Å². The number of H-pyrrole nitrogens is 1. The number of aromatic nitrogens is 2. The third kappa shape index (κ3) is 2.45. The van der Waals surface area contributed by atoms with Crippen LogP contribution in [0, 0.1) is 0 Å². The van der Waals surface area contributed by atoms with Crippen LogP contribution in [-0.2, 0) is 9.84 Å². The molecule has 0 unspecified atom stereocenters. The molecule has 6 heteroatoms. The van der Waals surface area contributed by atoms with Crippen LogP contribution in [0.3, 0.4) is 0 Å². The molecule has 0 spiro atoms. The normalized spacial score (nSPS) is 11.7. The summed E-state index contributed by atoms with van der Waals surface area (Å²) in [5.41, 5.74) is 1.99. The lowest BCUT2D eigenvalue weighted by Crippen LogP contribution is -2.06. The predicted octanol–water partition coefficient (Wildman–Crippen LogP) is 1.99. The van der Waals surface area contributed by atoms with Gasteiger partial charge in [-0.1, -0.05) is 24.3 Å². The van der Waals surface area contributed by atoms with Crippen molar-refractivity contribution in [3.63, 3.8) is 0 Å². The van der Waals surface area contributed by atoms with Gasteiger partial charge in [0.2, 0.25) is 0 Å². The number of hydrogen-bond donors (Lipinski definition) is 1. The first-order valence-electron chi connectivity index (χ1n) is 6.24. The van der Waals surface area contributed by atoms with Gasteiger partial charge in [-0.2, -0.15) is 0 Å². The molecule has 0 radical (unpaired) electrons.